The summed E-state index contributed by atoms with van der Waals surface area (Å²) >= 11 is 3.47. The number of aromatic hydroxyl groups is 1. The number of benzene rings is 2. The number of hydrogen-bond donors (Lipinski definition) is 2. The molecule has 0 saturated carbocycles. The van der Waals surface area contributed by atoms with Gasteiger partial charge in [0.1, 0.15) is 18.1 Å². The highest BCUT2D eigenvalue weighted by molar-refractivity contribution is 9.10. The maximum absolute atomic E-state index is 9.42. The molecule has 0 fully saturated rings. The van der Waals surface area contributed by atoms with Crippen LogP contribution in [0.1, 0.15) is 17.2 Å². The second-order valence-electron chi connectivity index (χ2n) is 4.60. The zero-order chi connectivity index (χ0) is 13.2. The molecule has 1 aliphatic heterocycles. The van der Waals surface area contributed by atoms with E-state index in [1.54, 1.807) is 12.1 Å². The molecule has 1 aliphatic rings. The Kier molecular flexibility index (Phi) is 3.44. The first-order valence-electron chi connectivity index (χ1n) is 6.16. The Morgan fingerprint density at radius 3 is 3.00 bits per heavy atom. The number of fused-ring (bicyclic) bond motifs is 1. The normalized spacial score (nSPS) is 17.0. The molecular formula is C15H14BrNO2. The molecule has 2 N–H and O–H groups in total. The van der Waals surface area contributed by atoms with E-state index >= 15 is 0 Å². The van der Waals surface area contributed by atoms with Crippen LogP contribution in [0.4, 0.5) is 0 Å². The van der Waals surface area contributed by atoms with Gasteiger partial charge in [-0.1, -0.05) is 28.1 Å². The lowest BCUT2D eigenvalue weighted by molar-refractivity contribution is 0.309. The Bertz CT molecular complexity index is 600. The van der Waals surface area contributed by atoms with Gasteiger partial charge in [0, 0.05) is 22.6 Å². The molecule has 1 heterocycles. The van der Waals surface area contributed by atoms with Crippen LogP contribution in [-0.4, -0.2) is 11.7 Å². The van der Waals surface area contributed by atoms with Crippen LogP contribution in [0.15, 0.2) is 46.9 Å². The third-order valence-corrected chi connectivity index (χ3v) is 3.71. The van der Waals surface area contributed by atoms with Crippen molar-refractivity contribution in [2.45, 2.75) is 12.6 Å². The summed E-state index contributed by atoms with van der Waals surface area (Å²) < 4.78 is 6.66. The highest BCUT2D eigenvalue weighted by Crippen LogP contribution is 2.34. The van der Waals surface area contributed by atoms with Gasteiger partial charge in [0.25, 0.3) is 0 Å². The van der Waals surface area contributed by atoms with E-state index in [0.29, 0.717) is 6.61 Å². The van der Waals surface area contributed by atoms with E-state index in [0.717, 1.165) is 22.3 Å². The molecule has 1 atom stereocenters. The molecule has 0 radical (unpaired) electrons. The Balaban J connectivity index is 1.70. The quantitative estimate of drug-likeness (QED) is 0.911. The first kappa shape index (κ1) is 12.5. The number of rotatable bonds is 3. The Morgan fingerprint density at radius 2 is 2.16 bits per heavy atom. The van der Waals surface area contributed by atoms with Gasteiger partial charge >= 0.3 is 0 Å². The van der Waals surface area contributed by atoms with Crippen LogP contribution in [0.3, 0.4) is 0 Å². The molecule has 0 aromatic heterocycles. The van der Waals surface area contributed by atoms with Crippen LogP contribution >= 0.6 is 15.9 Å². The first-order valence-corrected chi connectivity index (χ1v) is 6.95. The van der Waals surface area contributed by atoms with Crippen LogP contribution < -0.4 is 10.1 Å². The van der Waals surface area contributed by atoms with Crippen molar-refractivity contribution in [3.05, 3.63) is 58.1 Å². The van der Waals surface area contributed by atoms with Crippen LogP contribution in [0.2, 0.25) is 0 Å². The van der Waals surface area contributed by atoms with E-state index in [9.17, 15) is 5.11 Å². The van der Waals surface area contributed by atoms with E-state index in [-0.39, 0.29) is 11.8 Å². The minimum Gasteiger partial charge on any atom is -0.508 e. The van der Waals surface area contributed by atoms with Crippen molar-refractivity contribution in [2.24, 2.45) is 0 Å². The lowest BCUT2D eigenvalue weighted by Crippen LogP contribution is -2.21. The molecular weight excluding hydrogens is 306 g/mol. The summed E-state index contributed by atoms with van der Waals surface area (Å²) in [5.41, 5.74) is 2.33. The van der Waals surface area contributed by atoms with Gasteiger partial charge in [-0.25, -0.2) is 0 Å². The van der Waals surface area contributed by atoms with Gasteiger partial charge in [0.05, 0.1) is 6.04 Å². The van der Waals surface area contributed by atoms with Crippen LogP contribution in [0, 0.1) is 0 Å². The highest BCUT2D eigenvalue weighted by atomic mass is 79.9. The van der Waals surface area contributed by atoms with Crippen molar-refractivity contribution in [1.82, 2.24) is 5.32 Å². The molecule has 98 valence electrons. The van der Waals surface area contributed by atoms with Crippen LogP contribution in [0.25, 0.3) is 0 Å². The predicted molar refractivity (Wildman–Crippen MR) is 77.3 cm³/mol. The monoisotopic (exact) mass is 319 g/mol. The van der Waals surface area contributed by atoms with E-state index < -0.39 is 0 Å². The molecule has 0 bridgehead atoms. The lowest BCUT2D eigenvalue weighted by atomic mass is 10.1. The summed E-state index contributed by atoms with van der Waals surface area (Å²) in [7, 11) is 0. The SMILES string of the molecule is Oc1ccc2c(c1)OCC2NCc1cccc(Br)c1. The van der Waals surface area contributed by atoms with Gasteiger partial charge in [-0.15, -0.1) is 0 Å². The second-order valence-corrected chi connectivity index (χ2v) is 5.51. The molecule has 2 aromatic rings. The fourth-order valence-electron chi connectivity index (χ4n) is 2.26. The molecule has 0 saturated heterocycles. The second kappa shape index (κ2) is 5.23. The van der Waals surface area contributed by atoms with Gasteiger partial charge in [-0.3, -0.25) is 0 Å². The third-order valence-electron chi connectivity index (χ3n) is 3.22. The van der Waals surface area contributed by atoms with Crippen molar-refractivity contribution >= 4 is 15.9 Å². The van der Waals surface area contributed by atoms with Crippen LogP contribution in [-0.2, 0) is 6.54 Å². The molecule has 0 spiro atoms. The summed E-state index contributed by atoms with van der Waals surface area (Å²) in [6, 6.07) is 13.7. The average molecular weight is 320 g/mol. The fraction of sp³-hybridized carbons (Fsp3) is 0.200. The van der Waals surface area contributed by atoms with Crippen LogP contribution in [0.5, 0.6) is 11.5 Å². The lowest BCUT2D eigenvalue weighted by Gasteiger charge is -2.11. The maximum atomic E-state index is 9.42. The van der Waals surface area contributed by atoms with Gasteiger partial charge < -0.3 is 15.2 Å². The molecule has 2 aromatic carbocycles. The molecule has 4 heteroatoms. The Labute approximate surface area is 120 Å². The number of halogens is 1. The van der Waals surface area contributed by atoms with Crippen molar-refractivity contribution in [2.75, 3.05) is 6.61 Å². The molecule has 0 amide bonds. The van der Waals surface area contributed by atoms with Crippen molar-refractivity contribution in [1.29, 1.82) is 0 Å². The smallest absolute Gasteiger partial charge is 0.127 e. The number of nitrogens with one attached hydrogen (secondary N) is 1. The fourth-order valence-corrected chi connectivity index (χ4v) is 2.70. The zero-order valence-corrected chi connectivity index (χ0v) is 11.9. The number of hydrogen-bond acceptors (Lipinski definition) is 3. The van der Waals surface area contributed by atoms with Gasteiger partial charge in [-0.2, -0.15) is 0 Å². The van der Waals surface area contributed by atoms with E-state index in [2.05, 4.69) is 33.4 Å². The highest BCUT2D eigenvalue weighted by Gasteiger charge is 2.23. The number of phenols is 1. The standard InChI is InChI=1S/C15H14BrNO2/c16-11-3-1-2-10(6-11)8-17-14-9-19-15-7-12(18)4-5-13(14)15/h1-7,14,17-18H,8-9H2. The molecule has 1 unspecified atom stereocenters. The van der Waals surface area contributed by atoms with Crippen molar-refractivity contribution < 1.29 is 9.84 Å². The minimum absolute atomic E-state index is 0.176. The van der Waals surface area contributed by atoms with Gasteiger partial charge in [-0.05, 0) is 29.8 Å². The summed E-state index contributed by atoms with van der Waals surface area (Å²) in [6.07, 6.45) is 0. The summed E-state index contributed by atoms with van der Waals surface area (Å²) in [5, 5.41) is 12.9. The molecule has 3 nitrogen and oxygen atoms in total. The van der Waals surface area contributed by atoms with E-state index in [1.165, 1.54) is 5.56 Å². The maximum Gasteiger partial charge on any atom is 0.127 e. The Morgan fingerprint density at radius 1 is 1.26 bits per heavy atom. The van der Waals surface area contributed by atoms with Crippen molar-refractivity contribution in [3.63, 3.8) is 0 Å². The Hall–Kier alpha value is -1.52. The third kappa shape index (κ3) is 2.74. The van der Waals surface area contributed by atoms with Crippen molar-refractivity contribution in [3.8, 4) is 11.5 Å². The number of ether oxygens (including phenoxy) is 1. The first-order chi connectivity index (χ1) is 9.22. The van der Waals surface area contributed by atoms with Gasteiger partial charge in [0.2, 0.25) is 0 Å². The average Bonchev–Trinajstić information content (AvgIpc) is 2.78. The zero-order valence-electron chi connectivity index (χ0n) is 10.3. The summed E-state index contributed by atoms with van der Waals surface area (Å²) in [6.45, 7) is 1.39. The largest absolute Gasteiger partial charge is 0.508 e. The number of phenolic OH excluding ortho intramolecular Hbond substituents is 1. The van der Waals surface area contributed by atoms with E-state index in [4.69, 9.17) is 4.74 Å². The molecule has 0 aliphatic carbocycles. The molecule has 19 heavy (non-hydrogen) atoms. The van der Waals surface area contributed by atoms with Gasteiger partial charge in [0.15, 0.2) is 0 Å². The molecule has 3 rings (SSSR count). The summed E-state index contributed by atoms with van der Waals surface area (Å²) in [5.74, 6) is 1.01. The predicted octanol–water partition coefficient (Wildman–Crippen LogP) is 3.38. The summed E-state index contributed by atoms with van der Waals surface area (Å²) in [4.78, 5) is 0. The minimum atomic E-state index is 0.176. The topological polar surface area (TPSA) is 41.5 Å². The van der Waals surface area contributed by atoms with E-state index in [1.807, 2.05) is 18.2 Å².